The van der Waals surface area contributed by atoms with Gasteiger partial charge in [0.25, 0.3) is 5.91 Å². The van der Waals surface area contributed by atoms with Gasteiger partial charge in [0.2, 0.25) is 5.91 Å². The molecule has 8 heteroatoms. The zero-order chi connectivity index (χ0) is 19.4. The molecule has 0 saturated heterocycles. The molecule has 2 aromatic carbocycles. The van der Waals surface area contributed by atoms with Crippen molar-refractivity contribution in [2.45, 2.75) is 5.16 Å². The summed E-state index contributed by atoms with van der Waals surface area (Å²) in [5, 5.41) is 3.48. The minimum absolute atomic E-state index is 0.0788. The highest BCUT2D eigenvalue weighted by Crippen LogP contribution is 2.23. The zero-order valence-electron chi connectivity index (χ0n) is 15.3. The summed E-state index contributed by atoms with van der Waals surface area (Å²) in [5.74, 6) is 0.737. The van der Waals surface area contributed by atoms with Crippen LogP contribution in [0.1, 0.15) is 10.4 Å². The summed E-state index contributed by atoms with van der Waals surface area (Å²) in [6, 6.07) is 12.4. The number of H-pyrrole nitrogens is 1. The molecule has 27 heavy (non-hydrogen) atoms. The summed E-state index contributed by atoms with van der Waals surface area (Å²) in [6.07, 6.45) is 0. The van der Waals surface area contributed by atoms with E-state index in [0.717, 1.165) is 16.8 Å². The van der Waals surface area contributed by atoms with E-state index in [1.165, 1.54) is 16.7 Å². The monoisotopic (exact) mass is 384 g/mol. The third kappa shape index (κ3) is 4.59. The van der Waals surface area contributed by atoms with Gasteiger partial charge in [0.1, 0.15) is 5.75 Å². The second-order valence-electron chi connectivity index (χ2n) is 6.04. The first kappa shape index (κ1) is 18.8. The molecule has 2 amide bonds. The highest BCUT2D eigenvalue weighted by atomic mass is 32.2. The average molecular weight is 384 g/mol. The fourth-order valence-corrected chi connectivity index (χ4v) is 3.13. The van der Waals surface area contributed by atoms with E-state index in [1.54, 1.807) is 45.5 Å². The van der Waals surface area contributed by atoms with Gasteiger partial charge in [0.15, 0.2) is 5.16 Å². The van der Waals surface area contributed by atoms with E-state index in [-0.39, 0.29) is 17.6 Å². The first-order valence-electron chi connectivity index (χ1n) is 8.24. The van der Waals surface area contributed by atoms with Gasteiger partial charge in [-0.25, -0.2) is 4.98 Å². The first-order valence-corrected chi connectivity index (χ1v) is 9.23. The Morgan fingerprint density at radius 3 is 2.59 bits per heavy atom. The van der Waals surface area contributed by atoms with E-state index in [2.05, 4.69) is 15.3 Å². The number of nitrogens with one attached hydrogen (secondary N) is 2. The molecular formula is C19H20N4O3S. The fourth-order valence-electron chi connectivity index (χ4n) is 2.45. The predicted molar refractivity (Wildman–Crippen MR) is 106 cm³/mol. The van der Waals surface area contributed by atoms with Crippen molar-refractivity contribution >= 4 is 40.3 Å². The molecule has 2 N–H and O–H groups in total. The van der Waals surface area contributed by atoms with Crippen LogP contribution in [0.3, 0.4) is 0 Å². The summed E-state index contributed by atoms with van der Waals surface area (Å²) in [7, 11) is 5.01. The highest BCUT2D eigenvalue weighted by Gasteiger charge is 2.10. The number of rotatable bonds is 6. The van der Waals surface area contributed by atoms with Gasteiger partial charge in [-0.2, -0.15) is 0 Å². The third-order valence-electron chi connectivity index (χ3n) is 3.83. The predicted octanol–water partition coefficient (Wildman–Crippen LogP) is 3.00. The second-order valence-corrected chi connectivity index (χ2v) is 7.00. The topological polar surface area (TPSA) is 87.3 Å². The molecule has 0 atom stereocenters. The number of hydrogen-bond donors (Lipinski definition) is 2. The molecule has 1 heterocycles. The van der Waals surface area contributed by atoms with Gasteiger partial charge in [-0.15, -0.1) is 0 Å². The van der Waals surface area contributed by atoms with Crippen LogP contribution in [0.2, 0.25) is 0 Å². The van der Waals surface area contributed by atoms with E-state index >= 15 is 0 Å². The SMILES string of the molecule is COc1ccc2nc(SCC(=O)Nc3ccc(C(=O)N(C)C)cc3)[nH]c2c1. The zero-order valence-corrected chi connectivity index (χ0v) is 16.1. The van der Waals surface area contributed by atoms with Gasteiger partial charge < -0.3 is 19.9 Å². The molecule has 3 rings (SSSR count). The van der Waals surface area contributed by atoms with Crippen molar-refractivity contribution in [3.8, 4) is 5.75 Å². The smallest absolute Gasteiger partial charge is 0.253 e. The maximum atomic E-state index is 12.2. The number of fused-ring (bicyclic) bond motifs is 1. The number of amides is 2. The van der Waals surface area contributed by atoms with Crippen LogP contribution in [-0.2, 0) is 4.79 Å². The molecule has 0 aliphatic rings. The number of aromatic nitrogens is 2. The van der Waals surface area contributed by atoms with Crippen LogP contribution in [-0.4, -0.2) is 53.6 Å². The molecule has 1 aromatic heterocycles. The van der Waals surface area contributed by atoms with Crippen LogP contribution in [0, 0.1) is 0 Å². The number of methoxy groups -OCH3 is 1. The van der Waals surface area contributed by atoms with Crippen LogP contribution in [0.25, 0.3) is 11.0 Å². The summed E-state index contributed by atoms with van der Waals surface area (Å²) >= 11 is 1.32. The molecule has 0 saturated carbocycles. The number of carbonyl (C=O) groups excluding carboxylic acids is 2. The molecule has 140 valence electrons. The van der Waals surface area contributed by atoms with E-state index in [0.29, 0.717) is 16.4 Å². The van der Waals surface area contributed by atoms with Gasteiger partial charge in [0, 0.05) is 31.4 Å². The Hall–Kier alpha value is -3.00. The Labute approximate surface area is 161 Å². The molecule has 0 fully saturated rings. The Balaban J connectivity index is 1.57. The Morgan fingerprint density at radius 1 is 1.19 bits per heavy atom. The number of anilines is 1. The molecule has 0 unspecified atom stereocenters. The Kier molecular flexibility index (Phi) is 5.66. The summed E-state index contributed by atoms with van der Waals surface area (Å²) in [6.45, 7) is 0. The number of thioether (sulfide) groups is 1. The van der Waals surface area contributed by atoms with E-state index in [1.807, 2.05) is 18.2 Å². The largest absolute Gasteiger partial charge is 0.497 e. The summed E-state index contributed by atoms with van der Waals surface area (Å²) < 4.78 is 5.19. The fraction of sp³-hybridized carbons (Fsp3) is 0.211. The highest BCUT2D eigenvalue weighted by molar-refractivity contribution is 7.99. The number of nitrogens with zero attached hydrogens (tertiary/aromatic N) is 2. The lowest BCUT2D eigenvalue weighted by atomic mass is 10.2. The average Bonchev–Trinajstić information content (AvgIpc) is 3.08. The van der Waals surface area contributed by atoms with Crippen molar-refractivity contribution in [1.82, 2.24) is 14.9 Å². The van der Waals surface area contributed by atoms with Gasteiger partial charge in [0.05, 0.1) is 23.9 Å². The lowest BCUT2D eigenvalue weighted by Crippen LogP contribution is -2.21. The van der Waals surface area contributed by atoms with Crippen LogP contribution >= 0.6 is 11.8 Å². The molecular weight excluding hydrogens is 364 g/mol. The quantitative estimate of drug-likeness (QED) is 0.638. The number of aromatic amines is 1. The van der Waals surface area contributed by atoms with Gasteiger partial charge >= 0.3 is 0 Å². The standard InChI is InChI=1S/C19H20N4O3S/c1-23(2)18(25)12-4-6-13(7-5-12)20-17(24)11-27-19-21-15-9-8-14(26-3)10-16(15)22-19/h4-10H,11H2,1-3H3,(H,20,24)(H,21,22). The maximum absolute atomic E-state index is 12.2. The first-order chi connectivity index (χ1) is 13.0. The lowest BCUT2D eigenvalue weighted by molar-refractivity contribution is -0.113. The van der Waals surface area contributed by atoms with Crippen LogP contribution < -0.4 is 10.1 Å². The Morgan fingerprint density at radius 2 is 1.93 bits per heavy atom. The minimum atomic E-state index is -0.148. The third-order valence-corrected chi connectivity index (χ3v) is 4.70. The number of benzene rings is 2. The summed E-state index contributed by atoms with van der Waals surface area (Å²) in [5.41, 5.74) is 2.90. The van der Waals surface area contributed by atoms with Gasteiger partial charge in [-0.05, 0) is 36.4 Å². The maximum Gasteiger partial charge on any atom is 0.253 e. The molecule has 0 aliphatic carbocycles. The Bertz CT molecular complexity index is 967. The van der Waals surface area contributed by atoms with Crippen LogP contribution in [0.5, 0.6) is 5.75 Å². The lowest BCUT2D eigenvalue weighted by Gasteiger charge is -2.10. The molecule has 0 bridgehead atoms. The minimum Gasteiger partial charge on any atom is -0.497 e. The van der Waals surface area contributed by atoms with Crippen molar-refractivity contribution < 1.29 is 14.3 Å². The number of hydrogen-bond acceptors (Lipinski definition) is 5. The molecule has 0 aliphatic heterocycles. The van der Waals surface area contributed by atoms with Crippen LogP contribution in [0.4, 0.5) is 5.69 Å². The van der Waals surface area contributed by atoms with Crippen LogP contribution in [0.15, 0.2) is 47.6 Å². The van der Waals surface area contributed by atoms with Gasteiger partial charge in [-0.3, -0.25) is 9.59 Å². The van der Waals surface area contributed by atoms with Crippen molar-refractivity contribution in [3.63, 3.8) is 0 Å². The second kappa shape index (κ2) is 8.13. The number of carbonyl (C=O) groups is 2. The van der Waals surface area contributed by atoms with Crippen molar-refractivity contribution in [1.29, 1.82) is 0 Å². The van der Waals surface area contributed by atoms with Crippen molar-refractivity contribution in [2.75, 3.05) is 32.3 Å². The normalized spacial score (nSPS) is 10.6. The summed E-state index contributed by atoms with van der Waals surface area (Å²) in [4.78, 5) is 33.1. The molecule has 0 radical (unpaired) electrons. The molecule has 0 spiro atoms. The van der Waals surface area contributed by atoms with Crippen molar-refractivity contribution in [3.05, 3.63) is 48.0 Å². The molecule has 3 aromatic rings. The van der Waals surface area contributed by atoms with E-state index < -0.39 is 0 Å². The molecule has 7 nitrogen and oxygen atoms in total. The number of imidazole rings is 1. The van der Waals surface area contributed by atoms with E-state index in [9.17, 15) is 9.59 Å². The van der Waals surface area contributed by atoms with E-state index in [4.69, 9.17) is 4.74 Å². The number of ether oxygens (including phenoxy) is 1. The van der Waals surface area contributed by atoms with Gasteiger partial charge in [-0.1, -0.05) is 11.8 Å². The van der Waals surface area contributed by atoms with Crippen molar-refractivity contribution in [2.24, 2.45) is 0 Å².